The number of hydrogen-bond donors (Lipinski definition) is 0. The fourth-order valence-corrected chi connectivity index (χ4v) is 0.389. The van der Waals surface area contributed by atoms with E-state index in [9.17, 15) is 10.1 Å². The molecule has 1 heterocycles. The van der Waals surface area contributed by atoms with Gasteiger partial charge in [-0.2, -0.15) is 0 Å². The van der Waals surface area contributed by atoms with Crippen LogP contribution in [0.25, 0.3) is 0 Å². The van der Waals surface area contributed by atoms with Crippen molar-refractivity contribution in [3.05, 3.63) is 28.5 Å². The molecule has 56 valence electrons. The van der Waals surface area contributed by atoms with Gasteiger partial charge in [0.1, 0.15) is 0 Å². The maximum absolute atomic E-state index is 9.59. The van der Waals surface area contributed by atoms with Crippen molar-refractivity contribution in [3.8, 4) is 5.95 Å². The van der Waals surface area contributed by atoms with Crippen molar-refractivity contribution in [2.24, 2.45) is 0 Å². The number of furan rings is 1. The summed E-state index contributed by atoms with van der Waals surface area (Å²) in [6.07, 6.45) is 1.29. The van der Waals surface area contributed by atoms with Crippen molar-refractivity contribution >= 4 is 0 Å². The molecular weight excluding hydrogens is 142 g/mol. The molecule has 6 heteroatoms. The lowest BCUT2D eigenvalue weighted by molar-refractivity contribution is -0.714. The Kier molecular flexibility index (Phi) is 2.92. The second kappa shape index (κ2) is 3.46. The Morgan fingerprint density at radius 2 is 2.40 bits per heavy atom. The summed E-state index contributed by atoms with van der Waals surface area (Å²) >= 11 is 0. The van der Waals surface area contributed by atoms with E-state index in [-0.39, 0.29) is 11.4 Å². The molecule has 10 heavy (non-hydrogen) atoms. The molecule has 0 aromatic carbocycles. The number of nitrogens with zero attached hydrogens (tertiary/aromatic N) is 1. The summed E-state index contributed by atoms with van der Waals surface area (Å²) in [5.41, 5.74) is 0. The van der Waals surface area contributed by atoms with Crippen LogP contribution in [0.1, 0.15) is 0 Å². The Balaban J connectivity index is 0.000000810. The van der Waals surface area contributed by atoms with E-state index in [4.69, 9.17) is 0 Å². The maximum Gasteiger partial charge on any atom is 0.302 e. The molecule has 0 radical (unpaired) electrons. The van der Waals surface area contributed by atoms with Gasteiger partial charge >= 0.3 is 5.09 Å². The van der Waals surface area contributed by atoms with Gasteiger partial charge in [-0.3, -0.25) is 0 Å². The van der Waals surface area contributed by atoms with Crippen LogP contribution < -0.4 is 4.84 Å². The van der Waals surface area contributed by atoms with Crippen LogP contribution in [0, 0.1) is 10.1 Å². The van der Waals surface area contributed by atoms with Crippen LogP contribution in [0.5, 0.6) is 5.95 Å². The standard InChI is InChI=1S/C4H3NO4.H2O/c6-5(7)9-4-2-1-3-8-4;/h1-3H;1H2. The van der Waals surface area contributed by atoms with E-state index in [2.05, 4.69) is 9.25 Å². The molecule has 1 aromatic rings. The summed E-state index contributed by atoms with van der Waals surface area (Å²) in [6, 6.07) is 2.85. The minimum Gasteiger partial charge on any atom is -0.444 e. The van der Waals surface area contributed by atoms with Gasteiger partial charge in [-0.1, -0.05) is 0 Å². The number of hydrogen-bond acceptors (Lipinski definition) is 4. The van der Waals surface area contributed by atoms with E-state index in [1.165, 1.54) is 18.4 Å². The first-order chi connectivity index (χ1) is 4.29. The summed E-state index contributed by atoms with van der Waals surface area (Å²) in [7, 11) is 0. The van der Waals surface area contributed by atoms with Gasteiger partial charge < -0.3 is 9.89 Å². The highest BCUT2D eigenvalue weighted by molar-refractivity contribution is 5.02. The average Bonchev–Trinajstić information content (AvgIpc) is 2.15. The van der Waals surface area contributed by atoms with Gasteiger partial charge in [-0.25, -0.2) is 4.84 Å². The third-order valence-electron chi connectivity index (χ3n) is 0.660. The molecule has 6 nitrogen and oxygen atoms in total. The quantitative estimate of drug-likeness (QED) is 0.435. The fourth-order valence-electron chi connectivity index (χ4n) is 0.389. The fraction of sp³-hybridized carbons (Fsp3) is 0. The van der Waals surface area contributed by atoms with E-state index in [0.717, 1.165) is 0 Å². The molecular formula is C4H5NO5. The van der Waals surface area contributed by atoms with Gasteiger partial charge in [0, 0.05) is 6.07 Å². The SMILES string of the molecule is O.O=[N+]([O-])Oc1ccco1. The topological polar surface area (TPSA) is 97.0 Å². The molecule has 0 aliphatic rings. The van der Waals surface area contributed by atoms with Crippen molar-refractivity contribution in [1.82, 2.24) is 0 Å². The first kappa shape index (κ1) is 8.44. The van der Waals surface area contributed by atoms with Gasteiger partial charge in [0.05, 0.1) is 6.26 Å². The zero-order valence-corrected chi connectivity index (χ0v) is 4.81. The highest BCUT2D eigenvalue weighted by atomic mass is 17.0. The van der Waals surface area contributed by atoms with Gasteiger partial charge in [-0.05, 0) is 6.07 Å². The predicted molar refractivity (Wildman–Crippen MR) is 29.9 cm³/mol. The largest absolute Gasteiger partial charge is 0.444 e. The van der Waals surface area contributed by atoms with Crippen LogP contribution in [-0.2, 0) is 0 Å². The minimum absolute atomic E-state index is 0. The lowest BCUT2D eigenvalue weighted by atomic mass is 10.7. The molecule has 0 atom stereocenters. The van der Waals surface area contributed by atoms with Gasteiger partial charge in [0.15, 0.2) is 0 Å². The van der Waals surface area contributed by atoms with Crippen molar-refractivity contribution in [3.63, 3.8) is 0 Å². The van der Waals surface area contributed by atoms with E-state index < -0.39 is 5.09 Å². The summed E-state index contributed by atoms with van der Waals surface area (Å²) < 4.78 is 4.48. The monoisotopic (exact) mass is 147 g/mol. The summed E-state index contributed by atoms with van der Waals surface area (Å²) in [5, 5.41) is 8.66. The van der Waals surface area contributed by atoms with Crippen LogP contribution in [0.15, 0.2) is 22.8 Å². The van der Waals surface area contributed by atoms with Crippen molar-refractivity contribution in [2.45, 2.75) is 0 Å². The molecule has 0 saturated heterocycles. The maximum atomic E-state index is 9.59. The van der Waals surface area contributed by atoms with Crippen LogP contribution in [0.3, 0.4) is 0 Å². The molecule has 0 saturated carbocycles. The number of rotatable bonds is 2. The van der Waals surface area contributed by atoms with E-state index in [1.54, 1.807) is 0 Å². The molecule has 0 aliphatic heterocycles. The normalized spacial score (nSPS) is 8.00. The van der Waals surface area contributed by atoms with Crippen LogP contribution in [0.4, 0.5) is 0 Å². The predicted octanol–water partition coefficient (Wildman–Crippen LogP) is 0.0254. The first-order valence-electron chi connectivity index (χ1n) is 2.15. The minimum atomic E-state index is -0.932. The molecule has 0 amide bonds. The van der Waals surface area contributed by atoms with E-state index >= 15 is 0 Å². The van der Waals surface area contributed by atoms with Crippen molar-refractivity contribution in [2.75, 3.05) is 0 Å². The van der Waals surface area contributed by atoms with Crippen LogP contribution in [0.2, 0.25) is 0 Å². The van der Waals surface area contributed by atoms with Crippen molar-refractivity contribution < 1.29 is 19.8 Å². The Hall–Kier alpha value is -1.56. The molecule has 0 spiro atoms. The van der Waals surface area contributed by atoms with E-state index in [1.807, 2.05) is 0 Å². The molecule has 1 rings (SSSR count). The van der Waals surface area contributed by atoms with E-state index in [0.29, 0.717) is 0 Å². The Morgan fingerprint density at radius 1 is 1.70 bits per heavy atom. The molecule has 0 aliphatic carbocycles. The average molecular weight is 147 g/mol. The summed E-state index contributed by atoms with van der Waals surface area (Å²) in [5.74, 6) is -0.111. The summed E-state index contributed by atoms with van der Waals surface area (Å²) in [6.45, 7) is 0. The lowest BCUT2D eigenvalue weighted by Gasteiger charge is -1.86. The zero-order valence-electron chi connectivity index (χ0n) is 4.81. The highest BCUT2D eigenvalue weighted by Gasteiger charge is 1.98. The third kappa shape index (κ3) is 2.14. The van der Waals surface area contributed by atoms with Gasteiger partial charge in [0.25, 0.3) is 5.95 Å². The molecule has 0 fully saturated rings. The Labute approximate surface area is 55.4 Å². The third-order valence-corrected chi connectivity index (χ3v) is 0.660. The van der Waals surface area contributed by atoms with Crippen LogP contribution in [-0.4, -0.2) is 10.6 Å². The molecule has 0 unspecified atom stereocenters. The van der Waals surface area contributed by atoms with Crippen LogP contribution >= 0.6 is 0 Å². The molecule has 0 bridgehead atoms. The van der Waals surface area contributed by atoms with Gasteiger partial charge in [0.2, 0.25) is 0 Å². The van der Waals surface area contributed by atoms with Gasteiger partial charge in [-0.15, -0.1) is 10.1 Å². The smallest absolute Gasteiger partial charge is 0.302 e. The summed E-state index contributed by atoms with van der Waals surface area (Å²) in [4.78, 5) is 13.5. The molecule has 2 N–H and O–H groups in total. The highest BCUT2D eigenvalue weighted by Crippen LogP contribution is 2.08. The lowest BCUT2D eigenvalue weighted by Crippen LogP contribution is -2.01. The second-order valence-electron chi connectivity index (χ2n) is 1.25. The zero-order chi connectivity index (χ0) is 6.69. The molecule has 1 aromatic heterocycles. The second-order valence-corrected chi connectivity index (χ2v) is 1.25. The first-order valence-corrected chi connectivity index (χ1v) is 2.15. The Bertz CT molecular complexity index is 193. The van der Waals surface area contributed by atoms with Crippen molar-refractivity contribution in [1.29, 1.82) is 0 Å². The Morgan fingerprint density at radius 3 is 2.80 bits per heavy atom.